The van der Waals surface area contributed by atoms with Crippen molar-refractivity contribution in [1.82, 2.24) is 15.5 Å². The van der Waals surface area contributed by atoms with Gasteiger partial charge in [-0.15, -0.1) is 0 Å². The van der Waals surface area contributed by atoms with Gasteiger partial charge in [0.2, 0.25) is 0 Å². The molecule has 0 saturated carbocycles. The molecule has 1 aliphatic carbocycles. The lowest BCUT2D eigenvalue weighted by atomic mass is 9.97. The second-order valence-corrected chi connectivity index (χ2v) is 7.82. The molecule has 0 unspecified atom stereocenters. The highest BCUT2D eigenvalue weighted by atomic mass is 32.2. The van der Waals surface area contributed by atoms with Crippen LogP contribution < -0.4 is 10.0 Å². The smallest absolute Gasteiger partial charge is 0.279 e. The van der Waals surface area contributed by atoms with Crippen LogP contribution in [0, 0.1) is 0 Å². The molecule has 0 aliphatic heterocycles. The number of amides is 1. The Morgan fingerprint density at radius 3 is 2.73 bits per heavy atom. The third-order valence-corrected chi connectivity index (χ3v) is 5.61. The van der Waals surface area contributed by atoms with Gasteiger partial charge in [0.05, 0.1) is 11.8 Å². The molecule has 0 saturated heterocycles. The summed E-state index contributed by atoms with van der Waals surface area (Å²) >= 11 is 0. The fraction of sp³-hybridized carbons (Fsp3) is 0.333. The number of allylic oxidation sites excluding steroid dienone is 1. The highest BCUT2D eigenvalue weighted by Crippen LogP contribution is 2.20. The van der Waals surface area contributed by atoms with Crippen LogP contribution in [0.4, 0.5) is 5.69 Å². The monoisotopic (exact) mass is 374 g/mol. The van der Waals surface area contributed by atoms with Crippen molar-refractivity contribution in [2.75, 3.05) is 11.3 Å². The summed E-state index contributed by atoms with van der Waals surface area (Å²) in [4.78, 5) is 12.4. The molecule has 0 radical (unpaired) electrons. The number of carbonyl (C=O) groups excluding carboxylic acids is 1. The number of anilines is 1. The Hall–Kier alpha value is -2.61. The van der Waals surface area contributed by atoms with Crippen LogP contribution in [0.5, 0.6) is 0 Å². The Morgan fingerprint density at radius 1 is 1.19 bits per heavy atom. The fourth-order valence-corrected chi connectivity index (χ4v) is 4.07. The van der Waals surface area contributed by atoms with Crippen LogP contribution in [0.15, 0.2) is 53.2 Å². The Labute approximate surface area is 152 Å². The summed E-state index contributed by atoms with van der Waals surface area (Å²) in [7, 11) is -3.93. The number of H-pyrrole nitrogens is 1. The van der Waals surface area contributed by atoms with Gasteiger partial charge in [-0.1, -0.05) is 29.8 Å². The summed E-state index contributed by atoms with van der Waals surface area (Å²) in [5.74, 6) is -0.455. The van der Waals surface area contributed by atoms with Crippen molar-refractivity contribution in [1.29, 1.82) is 0 Å². The molecule has 0 bridgehead atoms. The topological polar surface area (TPSA) is 104 Å². The molecule has 0 spiro atoms. The average Bonchev–Trinajstić information content (AvgIpc) is 3.14. The summed E-state index contributed by atoms with van der Waals surface area (Å²) in [6, 6.07) is 8.49. The number of aromatic amines is 1. The highest BCUT2D eigenvalue weighted by molar-refractivity contribution is 7.92. The van der Waals surface area contributed by atoms with Crippen molar-refractivity contribution in [3.05, 3.63) is 53.7 Å². The zero-order chi connectivity index (χ0) is 18.4. The van der Waals surface area contributed by atoms with Crippen molar-refractivity contribution in [2.24, 2.45) is 0 Å². The van der Waals surface area contributed by atoms with Crippen LogP contribution in [0.3, 0.4) is 0 Å². The molecule has 2 aromatic rings. The maximum atomic E-state index is 12.5. The van der Waals surface area contributed by atoms with Crippen molar-refractivity contribution in [3.8, 4) is 0 Å². The first kappa shape index (κ1) is 18.2. The Kier molecular flexibility index (Phi) is 5.72. The van der Waals surface area contributed by atoms with Crippen molar-refractivity contribution < 1.29 is 13.2 Å². The quantitative estimate of drug-likeness (QED) is 0.648. The van der Waals surface area contributed by atoms with Crippen LogP contribution in [0.2, 0.25) is 0 Å². The maximum Gasteiger partial charge on any atom is 0.279 e. The van der Waals surface area contributed by atoms with Gasteiger partial charge in [0.1, 0.15) is 0 Å². The zero-order valence-electron chi connectivity index (χ0n) is 14.4. The van der Waals surface area contributed by atoms with E-state index < -0.39 is 15.9 Å². The number of hydrogen-bond donors (Lipinski definition) is 3. The number of benzene rings is 1. The number of nitrogens with one attached hydrogen (secondary N) is 3. The van der Waals surface area contributed by atoms with Gasteiger partial charge in [0.15, 0.2) is 5.03 Å². The van der Waals surface area contributed by atoms with Crippen LogP contribution in [-0.4, -0.2) is 31.1 Å². The molecule has 0 atom stereocenters. The van der Waals surface area contributed by atoms with Gasteiger partial charge in [0, 0.05) is 12.2 Å². The van der Waals surface area contributed by atoms with Crippen LogP contribution in [0.25, 0.3) is 0 Å². The van der Waals surface area contributed by atoms with Gasteiger partial charge in [-0.2, -0.15) is 13.5 Å². The summed E-state index contributed by atoms with van der Waals surface area (Å²) in [6.07, 6.45) is 8.83. The van der Waals surface area contributed by atoms with E-state index in [0.29, 0.717) is 12.2 Å². The van der Waals surface area contributed by atoms with Crippen molar-refractivity contribution in [3.63, 3.8) is 0 Å². The van der Waals surface area contributed by atoms with E-state index in [2.05, 4.69) is 26.3 Å². The first-order valence-electron chi connectivity index (χ1n) is 8.63. The van der Waals surface area contributed by atoms with E-state index in [9.17, 15) is 13.2 Å². The van der Waals surface area contributed by atoms with Gasteiger partial charge >= 0.3 is 0 Å². The number of aromatic nitrogens is 2. The van der Waals surface area contributed by atoms with Gasteiger partial charge in [-0.3, -0.25) is 14.6 Å². The average molecular weight is 374 g/mol. The van der Waals surface area contributed by atoms with E-state index in [1.165, 1.54) is 24.6 Å². The number of hydrogen-bond acceptors (Lipinski definition) is 4. The van der Waals surface area contributed by atoms with Crippen LogP contribution in [-0.2, 0) is 10.0 Å². The largest absolute Gasteiger partial charge is 0.352 e. The molecule has 1 aliphatic rings. The van der Waals surface area contributed by atoms with Crippen molar-refractivity contribution >= 4 is 21.6 Å². The highest BCUT2D eigenvalue weighted by Gasteiger charge is 2.25. The Balaban J connectivity index is 1.65. The summed E-state index contributed by atoms with van der Waals surface area (Å²) in [6.45, 7) is 0.474. The fourth-order valence-electron chi connectivity index (χ4n) is 2.92. The van der Waals surface area contributed by atoms with Gasteiger partial charge < -0.3 is 5.32 Å². The lowest BCUT2D eigenvalue weighted by molar-refractivity contribution is 0.0950. The number of rotatable bonds is 7. The minimum Gasteiger partial charge on any atom is -0.352 e. The first-order chi connectivity index (χ1) is 12.6. The summed E-state index contributed by atoms with van der Waals surface area (Å²) in [5, 5.41) is 8.68. The molecule has 138 valence electrons. The van der Waals surface area contributed by atoms with Gasteiger partial charge in [-0.25, -0.2) is 0 Å². The minimum atomic E-state index is -3.93. The third kappa shape index (κ3) is 4.51. The molecule has 1 amide bonds. The maximum absolute atomic E-state index is 12.5. The van der Waals surface area contributed by atoms with Gasteiger partial charge in [0.25, 0.3) is 15.9 Å². The number of sulfonamides is 1. The molecule has 3 rings (SSSR count). The summed E-state index contributed by atoms with van der Waals surface area (Å²) in [5.41, 5.74) is 1.77. The molecule has 7 nitrogen and oxygen atoms in total. The van der Waals surface area contributed by atoms with Crippen LogP contribution in [0.1, 0.15) is 42.5 Å². The predicted octanol–water partition coefficient (Wildman–Crippen LogP) is 2.83. The van der Waals surface area contributed by atoms with Crippen LogP contribution >= 0.6 is 0 Å². The minimum absolute atomic E-state index is 0.00561. The number of nitrogens with zero attached hydrogens (tertiary/aromatic N) is 1. The second kappa shape index (κ2) is 8.18. The normalized spacial score (nSPS) is 14.5. The van der Waals surface area contributed by atoms with E-state index in [0.717, 1.165) is 19.3 Å². The van der Waals surface area contributed by atoms with E-state index in [-0.39, 0.29) is 10.6 Å². The number of para-hydroxylation sites is 1. The molecule has 8 heteroatoms. The molecular formula is C18H22N4O3S. The van der Waals surface area contributed by atoms with E-state index >= 15 is 0 Å². The van der Waals surface area contributed by atoms with E-state index in [1.54, 1.807) is 30.3 Å². The zero-order valence-corrected chi connectivity index (χ0v) is 15.2. The Morgan fingerprint density at radius 2 is 2.00 bits per heavy atom. The SMILES string of the molecule is O=C(NCCC1=CCCCC1)c1cn[nH]c1S(=O)(=O)Nc1ccccc1. The molecule has 0 fully saturated rings. The molecule has 3 N–H and O–H groups in total. The van der Waals surface area contributed by atoms with E-state index in [1.807, 2.05) is 0 Å². The lowest BCUT2D eigenvalue weighted by Crippen LogP contribution is -2.27. The lowest BCUT2D eigenvalue weighted by Gasteiger charge is -2.13. The summed E-state index contributed by atoms with van der Waals surface area (Å²) < 4.78 is 27.5. The van der Waals surface area contributed by atoms with Crippen molar-refractivity contribution in [2.45, 2.75) is 37.1 Å². The Bertz CT molecular complexity index is 888. The molecule has 26 heavy (non-hydrogen) atoms. The van der Waals surface area contributed by atoms with E-state index in [4.69, 9.17) is 0 Å². The third-order valence-electron chi connectivity index (χ3n) is 4.26. The standard InChI is InChI=1S/C18H22N4O3S/c23-17(19-12-11-14-7-3-1-4-8-14)16-13-20-21-18(16)26(24,25)22-15-9-5-2-6-10-15/h2,5-7,9-10,13,22H,1,3-4,8,11-12H2,(H,19,23)(H,20,21). The second-order valence-electron chi connectivity index (χ2n) is 6.20. The first-order valence-corrected chi connectivity index (χ1v) is 10.1. The molecule has 1 aromatic heterocycles. The molecule has 1 heterocycles. The number of carbonyl (C=O) groups is 1. The molecule has 1 aromatic carbocycles. The molecular weight excluding hydrogens is 352 g/mol. The van der Waals surface area contributed by atoms with Gasteiger partial charge in [-0.05, 0) is 44.2 Å². The predicted molar refractivity (Wildman–Crippen MR) is 99.3 cm³/mol.